The average Bonchev–Trinajstić information content (AvgIpc) is 2.63. The zero-order valence-electron chi connectivity index (χ0n) is 14.4. The molecule has 1 saturated heterocycles. The van der Waals surface area contributed by atoms with Crippen LogP contribution in [0.5, 0.6) is 0 Å². The van der Waals surface area contributed by atoms with Gasteiger partial charge in [0.2, 0.25) is 5.91 Å². The Morgan fingerprint density at radius 3 is 2.14 bits per heavy atom. The van der Waals surface area contributed by atoms with Crippen molar-refractivity contribution in [1.29, 1.82) is 0 Å². The zero-order valence-corrected chi connectivity index (χ0v) is 14.4. The van der Waals surface area contributed by atoms with Gasteiger partial charge in [0.15, 0.2) is 5.78 Å². The molecule has 5 nitrogen and oxygen atoms in total. The van der Waals surface area contributed by atoms with Crippen LogP contribution < -0.4 is 5.32 Å². The van der Waals surface area contributed by atoms with Crippen LogP contribution in [0.3, 0.4) is 0 Å². The largest absolute Gasteiger partial charge is 0.500 e. The Morgan fingerprint density at radius 2 is 1.64 bits per heavy atom. The number of ketones is 1. The third-order valence-electron chi connectivity index (χ3n) is 5.16. The maximum absolute atomic E-state index is 12.9. The van der Waals surface area contributed by atoms with Crippen molar-refractivity contribution in [3.05, 3.63) is 11.7 Å². The van der Waals surface area contributed by atoms with Gasteiger partial charge in [-0.15, -0.1) is 0 Å². The second-order valence-corrected chi connectivity index (χ2v) is 7.43. The fourth-order valence-electron chi connectivity index (χ4n) is 2.69. The lowest BCUT2D eigenvalue weighted by Crippen LogP contribution is -2.50. The first kappa shape index (κ1) is 17.2. The predicted molar refractivity (Wildman–Crippen MR) is 84.9 cm³/mol. The molecule has 1 N–H and O–H groups in total. The van der Waals surface area contributed by atoms with Gasteiger partial charge < -0.3 is 14.6 Å². The predicted octanol–water partition coefficient (Wildman–Crippen LogP) is 2.40. The summed E-state index contributed by atoms with van der Waals surface area (Å²) in [6, 6.07) is 0. The topological polar surface area (TPSA) is 64.6 Å². The van der Waals surface area contributed by atoms with Gasteiger partial charge in [-0.05, 0) is 41.0 Å². The molecule has 2 aliphatic rings. The highest BCUT2D eigenvalue weighted by atomic mass is 16.7. The Labute approximate surface area is 133 Å². The average molecular weight is 307 g/mol. The van der Waals surface area contributed by atoms with E-state index in [1.54, 1.807) is 6.92 Å². The molecule has 2 aliphatic heterocycles. The minimum Gasteiger partial charge on any atom is -0.399 e. The number of hydrogen-bond acceptors (Lipinski definition) is 4. The van der Waals surface area contributed by atoms with Gasteiger partial charge in [-0.2, -0.15) is 0 Å². The quantitative estimate of drug-likeness (QED) is 0.640. The molecule has 0 radical (unpaired) electrons. The second kappa shape index (κ2) is 5.50. The molecule has 0 aromatic heterocycles. The van der Waals surface area contributed by atoms with E-state index in [0.717, 1.165) is 12.8 Å². The van der Waals surface area contributed by atoms with E-state index in [1.807, 2.05) is 34.6 Å². The Kier molecular flexibility index (Phi) is 4.30. The molecule has 0 saturated carbocycles. The van der Waals surface area contributed by atoms with Crippen molar-refractivity contribution < 1.29 is 18.9 Å². The van der Waals surface area contributed by atoms with Crippen molar-refractivity contribution in [3.8, 4) is 0 Å². The molecular formula is C16H26BNO4. The summed E-state index contributed by atoms with van der Waals surface area (Å²) in [5, 5.41) is 2.71. The Balaban J connectivity index is 2.27. The summed E-state index contributed by atoms with van der Waals surface area (Å²) < 4.78 is 11.9. The standard InChI is InChI=1S/C16H26BNO4/c1-7-8-9-16(6)12(19)11(10-18-13(16)20)17-21-14(2,3)15(4,5)22-17/h10H,7-9H2,1-6H3,(H,18,20). The molecule has 0 spiro atoms. The zero-order chi connectivity index (χ0) is 16.8. The Hall–Kier alpha value is -1.14. The highest BCUT2D eigenvalue weighted by molar-refractivity contribution is 6.63. The van der Waals surface area contributed by atoms with Crippen LogP contribution in [-0.4, -0.2) is 30.0 Å². The number of allylic oxidation sites excluding steroid dienone is 1. The van der Waals surface area contributed by atoms with Crippen molar-refractivity contribution in [2.75, 3.05) is 0 Å². The van der Waals surface area contributed by atoms with Crippen LogP contribution in [0.2, 0.25) is 0 Å². The van der Waals surface area contributed by atoms with Crippen LogP contribution in [0.15, 0.2) is 11.7 Å². The fourth-order valence-corrected chi connectivity index (χ4v) is 2.69. The molecule has 0 aromatic carbocycles. The first-order valence-electron chi connectivity index (χ1n) is 7.96. The molecule has 0 aromatic rings. The van der Waals surface area contributed by atoms with Gasteiger partial charge in [-0.1, -0.05) is 19.8 Å². The van der Waals surface area contributed by atoms with Crippen LogP contribution in [-0.2, 0) is 18.9 Å². The number of nitrogens with one attached hydrogen (secondary N) is 1. The van der Waals surface area contributed by atoms with E-state index in [2.05, 4.69) is 5.32 Å². The van der Waals surface area contributed by atoms with Gasteiger partial charge in [0.1, 0.15) is 5.41 Å². The fraction of sp³-hybridized carbons (Fsp3) is 0.750. The monoisotopic (exact) mass is 307 g/mol. The minimum atomic E-state index is -1.04. The maximum Gasteiger partial charge on any atom is 0.500 e. The summed E-state index contributed by atoms with van der Waals surface area (Å²) in [5.41, 5.74) is -1.67. The molecule has 2 rings (SSSR count). The number of rotatable bonds is 4. The normalized spacial score (nSPS) is 30.3. The number of amides is 1. The van der Waals surface area contributed by atoms with Gasteiger partial charge in [0.25, 0.3) is 0 Å². The molecule has 0 aliphatic carbocycles. The van der Waals surface area contributed by atoms with Gasteiger partial charge in [-0.25, -0.2) is 0 Å². The van der Waals surface area contributed by atoms with Gasteiger partial charge in [0.05, 0.1) is 11.2 Å². The first-order chi connectivity index (χ1) is 10.0. The van der Waals surface area contributed by atoms with Crippen LogP contribution in [0.1, 0.15) is 60.8 Å². The summed E-state index contributed by atoms with van der Waals surface area (Å²) in [5.74, 6) is -0.436. The van der Waals surface area contributed by atoms with Crippen molar-refractivity contribution >= 4 is 18.8 Å². The smallest absolute Gasteiger partial charge is 0.399 e. The number of hydrogen-bond donors (Lipinski definition) is 1. The third kappa shape index (κ3) is 2.63. The summed E-state index contributed by atoms with van der Waals surface area (Å²) in [7, 11) is -0.737. The van der Waals surface area contributed by atoms with E-state index in [4.69, 9.17) is 9.31 Å². The van der Waals surface area contributed by atoms with E-state index in [-0.39, 0.29) is 11.7 Å². The van der Waals surface area contributed by atoms with Gasteiger partial charge in [0, 0.05) is 11.7 Å². The molecule has 2 heterocycles. The molecule has 0 bridgehead atoms. The summed E-state index contributed by atoms with van der Waals surface area (Å²) in [4.78, 5) is 25.1. The van der Waals surface area contributed by atoms with Crippen LogP contribution in [0, 0.1) is 5.41 Å². The van der Waals surface area contributed by atoms with Crippen molar-refractivity contribution in [2.45, 2.75) is 72.0 Å². The maximum atomic E-state index is 12.9. The van der Waals surface area contributed by atoms with E-state index in [1.165, 1.54) is 6.20 Å². The van der Waals surface area contributed by atoms with Crippen LogP contribution in [0.4, 0.5) is 0 Å². The van der Waals surface area contributed by atoms with Gasteiger partial charge >= 0.3 is 7.12 Å². The Morgan fingerprint density at radius 1 is 1.09 bits per heavy atom. The number of carbonyl (C=O) groups excluding carboxylic acids is 2. The lowest BCUT2D eigenvalue weighted by molar-refractivity contribution is -0.139. The first-order valence-corrected chi connectivity index (χ1v) is 7.96. The number of Topliss-reactive ketones (excluding diaryl/α,β-unsaturated/α-hetero) is 1. The van der Waals surface area contributed by atoms with Gasteiger partial charge in [-0.3, -0.25) is 9.59 Å². The van der Waals surface area contributed by atoms with Crippen molar-refractivity contribution in [2.24, 2.45) is 5.41 Å². The SMILES string of the molecule is CCCCC1(C)C(=O)NC=C(B2OC(C)(C)C(C)(C)O2)C1=O. The molecule has 22 heavy (non-hydrogen) atoms. The highest BCUT2D eigenvalue weighted by Crippen LogP contribution is 2.41. The second-order valence-electron chi connectivity index (χ2n) is 7.43. The van der Waals surface area contributed by atoms with Crippen LogP contribution in [0.25, 0.3) is 0 Å². The number of unbranched alkanes of at least 4 members (excludes halogenated alkanes) is 1. The molecule has 122 valence electrons. The summed E-state index contributed by atoms with van der Waals surface area (Å²) in [6.45, 7) is 11.5. The van der Waals surface area contributed by atoms with E-state index in [9.17, 15) is 9.59 Å². The molecule has 1 amide bonds. The summed E-state index contributed by atoms with van der Waals surface area (Å²) in [6.07, 6.45) is 3.74. The highest BCUT2D eigenvalue weighted by Gasteiger charge is 2.56. The molecule has 1 atom stereocenters. The van der Waals surface area contributed by atoms with Crippen molar-refractivity contribution in [1.82, 2.24) is 5.32 Å². The lowest BCUT2D eigenvalue weighted by Gasteiger charge is -2.32. The van der Waals surface area contributed by atoms with Crippen LogP contribution >= 0.6 is 0 Å². The molecule has 1 unspecified atom stereocenters. The molecule has 1 fully saturated rings. The van der Waals surface area contributed by atoms with E-state index < -0.39 is 23.7 Å². The van der Waals surface area contributed by atoms with E-state index in [0.29, 0.717) is 11.9 Å². The number of carbonyl (C=O) groups is 2. The lowest BCUT2D eigenvalue weighted by atomic mass is 9.65. The van der Waals surface area contributed by atoms with Crippen molar-refractivity contribution in [3.63, 3.8) is 0 Å². The molecule has 6 heteroatoms. The minimum absolute atomic E-state index is 0.191. The Bertz CT molecular complexity index is 510. The summed E-state index contributed by atoms with van der Waals surface area (Å²) >= 11 is 0. The van der Waals surface area contributed by atoms with E-state index >= 15 is 0 Å². The molecular weight excluding hydrogens is 281 g/mol. The third-order valence-corrected chi connectivity index (χ3v) is 5.16.